The van der Waals surface area contributed by atoms with Crippen LogP contribution in [0.1, 0.15) is 111 Å². The summed E-state index contributed by atoms with van der Waals surface area (Å²) < 4.78 is 0. The van der Waals surface area contributed by atoms with Crippen molar-refractivity contribution in [3.63, 3.8) is 0 Å². The maximum atomic E-state index is 14.2. The van der Waals surface area contributed by atoms with Gasteiger partial charge in [-0.25, -0.2) is 9.97 Å². The van der Waals surface area contributed by atoms with Crippen molar-refractivity contribution in [2.24, 2.45) is 0 Å². The van der Waals surface area contributed by atoms with E-state index < -0.39 is 161 Å². The molecule has 2 amide bonds. The van der Waals surface area contributed by atoms with Crippen molar-refractivity contribution in [3.05, 3.63) is 69.3 Å². The van der Waals surface area contributed by atoms with Crippen LogP contribution in [0.5, 0.6) is 0 Å². The number of aromatic nitrogens is 4. The lowest BCUT2D eigenvalue weighted by Crippen LogP contribution is -2.49. The molecule has 0 radical (unpaired) electrons. The highest BCUT2D eigenvalue weighted by atomic mass is 16.4. The molecule has 2 aliphatic heterocycles. The van der Waals surface area contributed by atoms with Gasteiger partial charge in [0.25, 0.3) is 0 Å². The molecule has 4 unspecified atom stereocenters. The third-order valence-electron chi connectivity index (χ3n) is 16.0. The standard InChI is InChI=1S/C62H82N12O22/c1-31-39(7-9-51(77)78)45-20-46-40(8-10-52(79)80)32(2)42(68-46)18-47-62(36(6)66-50(76)26-74(30-60(95)96)14-12-72(28-58(91)92)24-38(16-54(83)84)64-22-56(87)88)34(4)44(70-47)19-48-61(33(3)43(69-48)17-41(31)67-45)35(5)65-49(75)25-73(29-59(93)94)13-11-71(27-57(89)90)23-37(15-53(81)82)63-21-55(85)86/h17-20,35-38,63-64,68-69H,7-16,21-30H2,1-6H3,(H,65,75)(H,66,76)(H,77,78)(H,79,80)(H,81,82)(H,83,84)(H,85,86)(H,87,88)(H,89,90)(H,91,92)(H,93,94)(H,95,96). The molecule has 5 rings (SSSR count). The lowest BCUT2D eigenvalue weighted by molar-refractivity contribution is -0.141. The zero-order chi connectivity index (χ0) is 71.4. The Morgan fingerprint density at radius 3 is 1.29 bits per heavy atom. The Hall–Kier alpha value is -10.0. The largest absolute Gasteiger partial charge is 0.481 e. The lowest BCUT2D eigenvalue weighted by atomic mass is 9.98. The Morgan fingerprint density at radius 2 is 0.823 bits per heavy atom. The third kappa shape index (κ3) is 23.8. The van der Waals surface area contributed by atoms with Crippen LogP contribution >= 0.6 is 0 Å². The molecule has 34 heteroatoms. The van der Waals surface area contributed by atoms with E-state index in [0.717, 1.165) is 0 Å². The Balaban J connectivity index is 1.64. The molecule has 4 atom stereocenters. The first-order valence-electron chi connectivity index (χ1n) is 30.4. The zero-order valence-corrected chi connectivity index (χ0v) is 53.8. The normalized spacial score (nSPS) is 13.6. The van der Waals surface area contributed by atoms with Gasteiger partial charge in [0.15, 0.2) is 0 Å². The minimum Gasteiger partial charge on any atom is -0.481 e. The number of H-pyrrole nitrogens is 2. The molecule has 5 heterocycles. The number of carboxylic acids is 10. The fourth-order valence-corrected chi connectivity index (χ4v) is 11.6. The van der Waals surface area contributed by atoms with Gasteiger partial charge in [0.1, 0.15) is 0 Å². The number of carbonyl (C=O) groups is 12. The topological polar surface area (TPSA) is 526 Å². The van der Waals surface area contributed by atoms with Gasteiger partial charge < -0.3 is 82.3 Å². The predicted molar refractivity (Wildman–Crippen MR) is 342 cm³/mol. The number of rotatable bonds is 42. The number of nitrogens with zero attached hydrogens (tertiary/aromatic N) is 6. The number of fused-ring (bicyclic) bond motifs is 8. The fourth-order valence-electron chi connectivity index (χ4n) is 11.6. The molecule has 16 N–H and O–H groups in total. The molecule has 522 valence electrons. The van der Waals surface area contributed by atoms with E-state index in [1.807, 2.05) is 0 Å². The molecule has 2 aliphatic rings. The van der Waals surface area contributed by atoms with E-state index >= 15 is 0 Å². The maximum absolute atomic E-state index is 14.2. The molecule has 96 heavy (non-hydrogen) atoms. The highest BCUT2D eigenvalue weighted by molar-refractivity contribution is 5.98. The van der Waals surface area contributed by atoms with E-state index in [4.69, 9.17) is 9.97 Å². The molecule has 0 aliphatic carbocycles. The van der Waals surface area contributed by atoms with Crippen LogP contribution in [-0.4, -0.2) is 272 Å². The van der Waals surface area contributed by atoms with Crippen LogP contribution in [0.3, 0.4) is 0 Å². The SMILES string of the molecule is CC1=C(CCC(=O)O)c2cc3[nH]c(cc4nc(cc5[nH]c(cc1n2)c(C)c5C(C)NC(=O)CN(CCN(CC(=O)O)CC(CC(=O)O)NCC(=O)O)CC(=O)O)C(C)=C4C(C)NC(=O)CN(CCN(CC(=O)O)CC(CC(=O)O)NCC(=O)O)CC(=O)O)c(C)c3CCC(=O)O. The number of amides is 2. The molecule has 3 aromatic rings. The quantitative estimate of drug-likeness (QED) is 0.0375. The first kappa shape index (κ1) is 76.7. The summed E-state index contributed by atoms with van der Waals surface area (Å²) in [5, 5.41) is 107. The summed E-state index contributed by atoms with van der Waals surface area (Å²) in [6.45, 7) is 3.87. The molecular formula is C62H82N12O22. The van der Waals surface area contributed by atoms with Crippen LogP contribution in [0, 0.1) is 13.8 Å². The summed E-state index contributed by atoms with van der Waals surface area (Å²) in [5.41, 5.74) is 7.63. The van der Waals surface area contributed by atoms with Crippen molar-refractivity contribution in [3.8, 4) is 0 Å². The summed E-state index contributed by atoms with van der Waals surface area (Å²) in [5.74, 6) is -14.1. The molecule has 0 fully saturated rings. The lowest BCUT2D eigenvalue weighted by Gasteiger charge is -2.29. The van der Waals surface area contributed by atoms with Crippen LogP contribution in [0.15, 0.2) is 24.3 Å². The highest BCUT2D eigenvalue weighted by Gasteiger charge is 2.30. The second kappa shape index (κ2) is 35.5. The van der Waals surface area contributed by atoms with E-state index in [-0.39, 0.29) is 70.6 Å². The van der Waals surface area contributed by atoms with Gasteiger partial charge in [0, 0.05) is 97.4 Å². The minimum atomic E-state index is -1.35. The number of carbonyl (C=O) groups excluding carboxylic acids is 2. The van der Waals surface area contributed by atoms with E-state index in [0.29, 0.717) is 83.7 Å². The van der Waals surface area contributed by atoms with Crippen molar-refractivity contribution in [2.75, 3.05) is 91.6 Å². The Bertz CT molecular complexity index is 3730. The maximum Gasteiger partial charge on any atom is 0.317 e. The van der Waals surface area contributed by atoms with Crippen LogP contribution in [-0.2, 0) is 64.0 Å². The van der Waals surface area contributed by atoms with Gasteiger partial charge in [-0.05, 0) is 112 Å². The summed E-state index contributed by atoms with van der Waals surface area (Å²) in [4.78, 5) is 169. The average molecular weight is 1350 g/mol. The fraction of sp³-hybridized carbons (Fsp3) is 0.484. The molecular weight excluding hydrogens is 1260 g/mol. The molecule has 0 spiro atoms. The Kier molecular flexibility index (Phi) is 28.4. The van der Waals surface area contributed by atoms with Gasteiger partial charge in [0.05, 0.1) is 100 Å². The van der Waals surface area contributed by atoms with Crippen LogP contribution in [0.2, 0.25) is 0 Å². The van der Waals surface area contributed by atoms with Gasteiger partial charge in [-0.3, -0.25) is 77.1 Å². The summed E-state index contributed by atoms with van der Waals surface area (Å²) in [7, 11) is 0. The average Bonchev–Trinajstić information content (AvgIpc) is 1.62. The highest BCUT2D eigenvalue weighted by Crippen LogP contribution is 2.38. The first-order chi connectivity index (χ1) is 45.1. The number of aliphatic carboxylic acids is 10. The second-order valence-corrected chi connectivity index (χ2v) is 23.5. The van der Waals surface area contributed by atoms with Crippen LogP contribution in [0.25, 0.3) is 44.4 Å². The Labute approximate surface area is 548 Å². The van der Waals surface area contributed by atoms with Gasteiger partial charge in [-0.15, -0.1) is 0 Å². The predicted octanol–water partition coefficient (Wildman–Crippen LogP) is 0.938. The van der Waals surface area contributed by atoms with Crippen molar-refractivity contribution in [1.82, 2.24) is 60.8 Å². The van der Waals surface area contributed by atoms with Gasteiger partial charge >= 0.3 is 59.7 Å². The second-order valence-electron chi connectivity index (χ2n) is 23.5. The smallest absolute Gasteiger partial charge is 0.317 e. The van der Waals surface area contributed by atoms with Crippen molar-refractivity contribution < 1.29 is 109 Å². The van der Waals surface area contributed by atoms with Gasteiger partial charge in [0.2, 0.25) is 11.8 Å². The molecule has 0 aromatic carbocycles. The Morgan fingerprint density at radius 1 is 0.427 bits per heavy atom. The van der Waals surface area contributed by atoms with Gasteiger partial charge in [-0.1, -0.05) is 0 Å². The van der Waals surface area contributed by atoms with E-state index in [2.05, 4.69) is 31.2 Å². The summed E-state index contributed by atoms with van der Waals surface area (Å²) >= 11 is 0. The first-order valence-corrected chi connectivity index (χ1v) is 30.4. The van der Waals surface area contributed by atoms with Crippen molar-refractivity contribution >= 4 is 116 Å². The number of hydrogen-bond acceptors (Lipinski definition) is 20. The number of hydrogen-bond donors (Lipinski definition) is 16. The molecule has 0 saturated carbocycles. The number of allylic oxidation sites excluding steroid dienone is 3. The molecule has 8 bridgehead atoms. The van der Waals surface area contributed by atoms with Crippen LogP contribution in [0.4, 0.5) is 0 Å². The molecule has 0 saturated heterocycles. The van der Waals surface area contributed by atoms with Crippen molar-refractivity contribution in [1.29, 1.82) is 0 Å². The van der Waals surface area contributed by atoms with Crippen molar-refractivity contribution in [2.45, 2.75) is 104 Å². The minimum absolute atomic E-state index is 0.0477. The molecule has 34 nitrogen and oxygen atoms in total. The number of carboxylic acid groups (broad SMARTS) is 10. The summed E-state index contributed by atoms with van der Waals surface area (Å²) in [6, 6.07) is 2.94. The van der Waals surface area contributed by atoms with Crippen LogP contribution < -0.4 is 21.3 Å². The number of aromatic amines is 2. The monoisotopic (exact) mass is 1350 g/mol. The third-order valence-corrected chi connectivity index (χ3v) is 16.0. The van der Waals surface area contributed by atoms with Gasteiger partial charge in [-0.2, -0.15) is 0 Å². The zero-order valence-electron chi connectivity index (χ0n) is 53.8. The summed E-state index contributed by atoms with van der Waals surface area (Å²) in [6.07, 6.45) is -1.61. The number of aryl methyl sites for hydroxylation is 3. The molecule has 3 aromatic heterocycles. The van der Waals surface area contributed by atoms with E-state index in [1.165, 1.54) is 19.6 Å². The van der Waals surface area contributed by atoms with E-state index in [9.17, 15) is 109 Å². The number of nitrogens with one attached hydrogen (secondary N) is 6. The van der Waals surface area contributed by atoms with E-state index in [1.54, 1.807) is 65.8 Å².